The lowest BCUT2D eigenvalue weighted by atomic mass is 9.60. The molecule has 7 aromatic carbocycles. The minimum absolute atomic E-state index is 0.0910. The van der Waals surface area contributed by atoms with Gasteiger partial charge in [0.1, 0.15) is 0 Å². The highest BCUT2D eigenvalue weighted by atomic mass is 32.1. The van der Waals surface area contributed by atoms with Crippen LogP contribution in [-0.2, 0) is 21.7 Å². The zero-order valence-electron chi connectivity index (χ0n) is 36.4. The van der Waals surface area contributed by atoms with Crippen LogP contribution >= 0.6 is 11.3 Å². The molecule has 3 heterocycles. The Morgan fingerprint density at radius 2 is 1.12 bits per heavy atom. The lowest BCUT2D eigenvalue weighted by Gasteiger charge is -2.43. The number of rotatable bonds is 2. The number of benzene rings is 7. The molecule has 0 saturated carbocycles. The maximum Gasteiger partial charge on any atom is 0.211 e. The molecule has 0 spiro atoms. The Morgan fingerprint density at radius 3 is 1.85 bits per heavy atom. The summed E-state index contributed by atoms with van der Waals surface area (Å²) in [5.41, 5.74) is 17.0. The second-order valence-corrected chi connectivity index (χ2v) is 22.3. The zero-order chi connectivity index (χ0) is 41.1. The first kappa shape index (κ1) is 36.5. The highest BCUT2D eigenvalue weighted by Crippen LogP contribution is 2.53. The minimum Gasteiger partial charge on any atom is -0.354 e. The summed E-state index contributed by atoms with van der Waals surface area (Å²) in [6.45, 7) is 19.7. The van der Waals surface area contributed by atoms with Crippen molar-refractivity contribution in [3.8, 4) is 11.1 Å². The largest absolute Gasteiger partial charge is 0.354 e. The molecule has 2 aromatic heterocycles. The van der Waals surface area contributed by atoms with Crippen molar-refractivity contribution in [2.75, 3.05) is 4.90 Å². The van der Waals surface area contributed by atoms with Gasteiger partial charge in [0, 0.05) is 48.7 Å². The first-order valence-electron chi connectivity index (χ1n) is 22.2. The third-order valence-corrected chi connectivity index (χ3v) is 16.6. The molecule has 296 valence electrons. The highest BCUT2D eigenvalue weighted by molar-refractivity contribution is 7.29. The predicted molar refractivity (Wildman–Crippen MR) is 263 cm³/mol. The SMILES string of the molecule is CC1(C)CCC(C)(C)c2cc(N3c4c(c(-c5cccc6c5[nH]c5cc7ccccc7cc56)cc5ccccc45)Bc4sc5cc6c(cc5c43)C(C)(C)CCC6(C)C)ccc21. The van der Waals surface area contributed by atoms with Crippen molar-refractivity contribution in [2.45, 2.75) is 103 Å². The van der Waals surface area contributed by atoms with Crippen molar-refractivity contribution in [1.82, 2.24) is 4.98 Å². The normalized spacial score (nSPS) is 18.4. The topological polar surface area (TPSA) is 19.0 Å². The van der Waals surface area contributed by atoms with Gasteiger partial charge in [0.05, 0.1) is 11.2 Å². The number of hydrogen-bond donors (Lipinski definition) is 1. The summed E-state index contributed by atoms with van der Waals surface area (Å²) < 4.78 is 2.87. The van der Waals surface area contributed by atoms with Crippen molar-refractivity contribution >= 4 is 99.4 Å². The Morgan fingerprint density at radius 1 is 0.500 bits per heavy atom. The number of H-pyrrole nitrogens is 1. The molecule has 0 radical (unpaired) electrons. The molecule has 0 atom stereocenters. The van der Waals surface area contributed by atoms with Crippen LogP contribution in [0.15, 0.2) is 115 Å². The van der Waals surface area contributed by atoms with Crippen LogP contribution in [0.1, 0.15) is 103 Å². The summed E-state index contributed by atoms with van der Waals surface area (Å²) in [5, 5.41) is 9.09. The molecular formula is C56H53BN2S. The van der Waals surface area contributed by atoms with E-state index in [1.807, 2.05) is 11.3 Å². The zero-order valence-corrected chi connectivity index (χ0v) is 37.2. The molecule has 0 saturated heterocycles. The maximum absolute atomic E-state index is 3.96. The smallest absolute Gasteiger partial charge is 0.211 e. The first-order chi connectivity index (χ1) is 28.7. The Labute approximate surface area is 358 Å². The van der Waals surface area contributed by atoms with Gasteiger partial charge in [0.15, 0.2) is 0 Å². The molecule has 1 aliphatic heterocycles. The van der Waals surface area contributed by atoms with Gasteiger partial charge in [-0.05, 0) is 144 Å². The number of aromatic nitrogens is 1. The second-order valence-electron chi connectivity index (χ2n) is 21.1. The predicted octanol–water partition coefficient (Wildman–Crippen LogP) is 14.4. The monoisotopic (exact) mass is 796 g/mol. The molecule has 0 bridgehead atoms. The Kier molecular flexibility index (Phi) is 7.41. The van der Waals surface area contributed by atoms with E-state index in [0.29, 0.717) is 0 Å². The molecule has 0 amide bonds. The van der Waals surface area contributed by atoms with Gasteiger partial charge in [0.25, 0.3) is 0 Å². The number of aromatic amines is 1. The molecule has 0 unspecified atom stereocenters. The average molecular weight is 797 g/mol. The van der Waals surface area contributed by atoms with E-state index in [1.165, 1.54) is 140 Å². The molecule has 60 heavy (non-hydrogen) atoms. The van der Waals surface area contributed by atoms with Crippen LogP contribution in [0.5, 0.6) is 0 Å². The molecule has 3 aliphatic rings. The van der Waals surface area contributed by atoms with E-state index in [2.05, 4.69) is 181 Å². The van der Waals surface area contributed by atoms with Crippen LogP contribution in [0, 0.1) is 0 Å². The van der Waals surface area contributed by atoms with Gasteiger partial charge in [-0.25, -0.2) is 0 Å². The van der Waals surface area contributed by atoms with Gasteiger partial charge in [-0.1, -0.05) is 128 Å². The van der Waals surface area contributed by atoms with Crippen LogP contribution in [0.25, 0.3) is 64.6 Å². The van der Waals surface area contributed by atoms with Crippen molar-refractivity contribution in [3.05, 3.63) is 138 Å². The fourth-order valence-corrected chi connectivity index (χ4v) is 12.9. The number of thiophene rings is 1. The quantitative estimate of drug-likeness (QED) is 0.173. The molecular weight excluding hydrogens is 744 g/mol. The standard InChI is InChI=1S/C56H53BN2S/c1-53(2)22-23-54(3,4)43-29-35(20-21-42(43)53)59-50-36-17-12-11-16-34(36)27-40(38-19-13-18-37-39-26-32-14-9-10-15-33(32)28-46(39)58-49(37)38)48(50)57-52-51(59)41-30-44-45(31-47(41)60-52)56(7,8)25-24-55(44,5)6/h9-21,26-31,57-58H,22-25H2,1-8H3. The fraction of sp³-hybridized carbons (Fsp3) is 0.286. The summed E-state index contributed by atoms with van der Waals surface area (Å²) in [7, 11) is 0.891. The number of anilines is 3. The highest BCUT2D eigenvalue weighted by Gasteiger charge is 2.41. The van der Waals surface area contributed by atoms with Crippen LogP contribution in [-0.4, -0.2) is 12.3 Å². The molecule has 2 nitrogen and oxygen atoms in total. The molecule has 4 heteroatoms. The molecule has 9 aromatic rings. The van der Waals surface area contributed by atoms with Gasteiger partial charge in [-0.15, -0.1) is 11.3 Å². The molecule has 0 fully saturated rings. The number of hydrogen-bond acceptors (Lipinski definition) is 2. The maximum atomic E-state index is 3.96. The van der Waals surface area contributed by atoms with Crippen LogP contribution in [0.3, 0.4) is 0 Å². The summed E-state index contributed by atoms with van der Waals surface area (Å²) >= 11 is 2.03. The van der Waals surface area contributed by atoms with E-state index in [0.717, 1.165) is 7.28 Å². The Hall–Kier alpha value is -5.32. The average Bonchev–Trinajstić information content (AvgIpc) is 3.79. The van der Waals surface area contributed by atoms with Crippen molar-refractivity contribution in [2.24, 2.45) is 0 Å². The van der Waals surface area contributed by atoms with Crippen LogP contribution < -0.4 is 15.1 Å². The van der Waals surface area contributed by atoms with E-state index < -0.39 is 0 Å². The van der Waals surface area contributed by atoms with E-state index in [4.69, 9.17) is 0 Å². The second kappa shape index (κ2) is 12.2. The van der Waals surface area contributed by atoms with Gasteiger partial charge in [-0.2, -0.15) is 0 Å². The van der Waals surface area contributed by atoms with Crippen LogP contribution in [0.4, 0.5) is 17.1 Å². The molecule has 2 aliphatic carbocycles. The van der Waals surface area contributed by atoms with E-state index >= 15 is 0 Å². The van der Waals surface area contributed by atoms with E-state index in [-0.39, 0.29) is 21.7 Å². The van der Waals surface area contributed by atoms with Gasteiger partial charge < -0.3 is 9.88 Å². The lowest BCUT2D eigenvalue weighted by molar-refractivity contribution is 0.332. The van der Waals surface area contributed by atoms with E-state index in [9.17, 15) is 0 Å². The summed E-state index contributed by atoms with van der Waals surface area (Å²) in [6, 6.07) is 44.8. The number of fused-ring (bicyclic) bond motifs is 12. The third-order valence-electron chi connectivity index (χ3n) is 15.5. The molecule has 12 rings (SSSR count). The van der Waals surface area contributed by atoms with Gasteiger partial charge in [0.2, 0.25) is 7.28 Å². The van der Waals surface area contributed by atoms with Crippen molar-refractivity contribution in [3.63, 3.8) is 0 Å². The summed E-state index contributed by atoms with van der Waals surface area (Å²) in [6.07, 6.45) is 4.82. The van der Waals surface area contributed by atoms with Crippen molar-refractivity contribution in [1.29, 1.82) is 0 Å². The number of nitrogens with one attached hydrogen (secondary N) is 1. The van der Waals surface area contributed by atoms with Gasteiger partial charge in [-0.3, -0.25) is 0 Å². The Balaban J connectivity index is 1.18. The van der Waals surface area contributed by atoms with Crippen LogP contribution in [0.2, 0.25) is 0 Å². The van der Waals surface area contributed by atoms with E-state index in [1.54, 1.807) is 0 Å². The van der Waals surface area contributed by atoms with Gasteiger partial charge >= 0.3 is 0 Å². The first-order valence-corrected chi connectivity index (χ1v) is 23.0. The Bertz CT molecular complexity index is 3320. The lowest BCUT2D eigenvalue weighted by Crippen LogP contribution is -2.40. The number of para-hydroxylation sites is 1. The van der Waals surface area contributed by atoms with Crippen molar-refractivity contribution < 1.29 is 0 Å². The minimum atomic E-state index is 0.0910. The summed E-state index contributed by atoms with van der Waals surface area (Å²) in [5.74, 6) is 0. The third kappa shape index (κ3) is 5.13. The fourth-order valence-electron chi connectivity index (χ4n) is 11.7. The summed E-state index contributed by atoms with van der Waals surface area (Å²) in [4.78, 5) is 6.69. The number of nitrogens with zero attached hydrogens (tertiary/aromatic N) is 1. The molecule has 1 N–H and O–H groups in total.